The Bertz CT molecular complexity index is 515. The summed E-state index contributed by atoms with van der Waals surface area (Å²) in [6.45, 7) is 1.76. The third-order valence-electron chi connectivity index (χ3n) is 3.11. The van der Waals surface area contributed by atoms with E-state index >= 15 is 0 Å². The largest absolute Gasteiger partial charge is 0.467 e. The molecule has 1 unspecified atom stereocenters. The third kappa shape index (κ3) is 2.17. The minimum Gasteiger partial charge on any atom is -0.467 e. The highest BCUT2D eigenvalue weighted by atomic mass is 16.5. The Morgan fingerprint density at radius 2 is 2.28 bits per heavy atom. The number of carbonyl (C=O) groups is 1. The van der Waals surface area contributed by atoms with Crippen molar-refractivity contribution in [1.29, 1.82) is 0 Å². The molecule has 100 valence electrons. The molecular weight excluding hydrogens is 238 g/mol. The predicted octanol–water partition coefficient (Wildman–Crippen LogP) is -0.695. The van der Waals surface area contributed by atoms with Gasteiger partial charge in [0.25, 0.3) is 0 Å². The molecule has 7 heteroatoms. The molecule has 1 atom stereocenters. The second-order valence-corrected chi connectivity index (χ2v) is 4.73. The second kappa shape index (κ2) is 4.56. The van der Waals surface area contributed by atoms with Crippen molar-refractivity contribution in [3.8, 4) is 0 Å². The van der Waals surface area contributed by atoms with Crippen LogP contribution in [0, 0.1) is 0 Å². The number of ether oxygens (including phenoxy) is 1. The summed E-state index contributed by atoms with van der Waals surface area (Å²) in [5.41, 5.74) is -2.03. The highest BCUT2D eigenvalue weighted by Gasteiger charge is 2.34. The van der Waals surface area contributed by atoms with E-state index in [-0.39, 0.29) is 12.2 Å². The number of rotatable bonds is 3. The van der Waals surface area contributed by atoms with Gasteiger partial charge in [0, 0.05) is 13.0 Å². The zero-order valence-corrected chi connectivity index (χ0v) is 10.5. The van der Waals surface area contributed by atoms with Crippen LogP contribution in [0.3, 0.4) is 0 Å². The standard InChI is InChI=1S/C11H17N3O4/c1-11(17,9(15)18-2)7-14-10(16)13-6-4-3-5-8(13)12-14/h17H,3-7H2,1-2H3. The number of esters is 1. The van der Waals surface area contributed by atoms with Gasteiger partial charge in [-0.25, -0.2) is 14.3 Å². The first-order valence-corrected chi connectivity index (χ1v) is 5.93. The molecule has 0 fully saturated rings. The Kier molecular flexibility index (Phi) is 3.25. The summed E-state index contributed by atoms with van der Waals surface area (Å²) < 4.78 is 7.22. The van der Waals surface area contributed by atoms with E-state index in [1.165, 1.54) is 14.0 Å². The topological polar surface area (TPSA) is 86.3 Å². The van der Waals surface area contributed by atoms with Crippen molar-refractivity contribution in [2.45, 2.75) is 44.9 Å². The van der Waals surface area contributed by atoms with Gasteiger partial charge in [-0.1, -0.05) is 0 Å². The monoisotopic (exact) mass is 255 g/mol. The molecule has 1 N–H and O–H groups in total. The molecule has 7 nitrogen and oxygen atoms in total. The predicted molar refractivity (Wildman–Crippen MR) is 62.1 cm³/mol. The van der Waals surface area contributed by atoms with Crippen molar-refractivity contribution in [3.63, 3.8) is 0 Å². The fourth-order valence-corrected chi connectivity index (χ4v) is 2.13. The average Bonchev–Trinajstić information content (AvgIpc) is 2.65. The molecule has 2 heterocycles. The summed E-state index contributed by atoms with van der Waals surface area (Å²) in [5.74, 6) is -0.0627. The molecule has 0 spiro atoms. The third-order valence-corrected chi connectivity index (χ3v) is 3.11. The van der Waals surface area contributed by atoms with Crippen molar-refractivity contribution < 1.29 is 14.6 Å². The van der Waals surface area contributed by atoms with E-state index in [4.69, 9.17) is 0 Å². The maximum absolute atomic E-state index is 12.0. The Morgan fingerprint density at radius 3 is 2.89 bits per heavy atom. The Hall–Kier alpha value is -1.63. The molecular formula is C11H17N3O4. The first kappa shape index (κ1) is 12.8. The molecule has 0 saturated carbocycles. The number of hydrogen-bond donors (Lipinski definition) is 1. The van der Waals surface area contributed by atoms with Crippen LogP contribution in [-0.4, -0.2) is 38.1 Å². The number of methoxy groups -OCH3 is 1. The maximum atomic E-state index is 12.0. The van der Waals surface area contributed by atoms with Crippen LogP contribution in [0.2, 0.25) is 0 Å². The molecule has 0 aromatic carbocycles. The molecule has 1 aromatic heterocycles. The van der Waals surface area contributed by atoms with Crippen molar-refractivity contribution in [3.05, 3.63) is 16.3 Å². The number of hydrogen-bond acceptors (Lipinski definition) is 5. The number of nitrogens with zero attached hydrogens (tertiary/aromatic N) is 3. The highest BCUT2D eigenvalue weighted by Crippen LogP contribution is 2.12. The van der Waals surface area contributed by atoms with E-state index < -0.39 is 11.6 Å². The van der Waals surface area contributed by atoms with Gasteiger partial charge < -0.3 is 9.84 Å². The maximum Gasteiger partial charge on any atom is 0.346 e. The lowest BCUT2D eigenvalue weighted by Gasteiger charge is -2.18. The number of aromatic nitrogens is 3. The zero-order valence-electron chi connectivity index (χ0n) is 10.5. The highest BCUT2D eigenvalue weighted by molar-refractivity contribution is 5.78. The molecule has 1 aliphatic heterocycles. The summed E-state index contributed by atoms with van der Waals surface area (Å²) in [6.07, 6.45) is 2.71. The van der Waals surface area contributed by atoms with E-state index in [0.29, 0.717) is 12.4 Å². The first-order valence-electron chi connectivity index (χ1n) is 5.93. The van der Waals surface area contributed by atoms with Gasteiger partial charge in [-0.2, -0.15) is 5.10 Å². The minimum absolute atomic E-state index is 0.196. The van der Waals surface area contributed by atoms with Crippen molar-refractivity contribution in [2.24, 2.45) is 0 Å². The first-order chi connectivity index (χ1) is 8.45. The summed E-state index contributed by atoms with van der Waals surface area (Å²) in [4.78, 5) is 23.4. The van der Waals surface area contributed by atoms with E-state index in [9.17, 15) is 14.7 Å². The molecule has 0 bridgehead atoms. The lowest BCUT2D eigenvalue weighted by molar-refractivity contribution is -0.162. The van der Waals surface area contributed by atoms with Crippen LogP contribution in [-0.2, 0) is 29.0 Å². The van der Waals surface area contributed by atoms with E-state index in [1.807, 2.05) is 0 Å². The fraction of sp³-hybridized carbons (Fsp3) is 0.727. The Morgan fingerprint density at radius 1 is 1.56 bits per heavy atom. The molecule has 1 aliphatic rings. The van der Waals surface area contributed by atoms with Crippen molar-refractivity contribution >= 4 is 5.97 Å². The lowest BCUT2D eigenvalue weighted by Crippen LogP contribution is -2.43. The number of aliphatic hydroxyl groups is 1. The van der Waals surface area contributed by atoms with Crippen LogP contribution >= 0.6 is 0 Å². The molecule has 0 amide bonds. The van der Waals surface area contributed by atoms with E-state index in [0.717, 1.165) is 23.9 Å². The van der Waals surface area contributed by atoms with Gasteiger partial charge in [0.2, 0.25) is 0 Å². The smallest absolute Gasteiger partial charge is 0.346 e. The van der Waals surface area contributed by atoms with Crippen LogP contribution in [0.4, 0.5) is 0 Å². The van der Waals surface area contributed by atoms with Gasteiger partial charge in [0.15, 0.2) is 5.60 Å². The summed E-state index contributed by atoms with van der Waals surface area (Å²) >= 11 is 0. The van der Waals surface area contributed by atoms with Crippen molar-refractivity contribution in [2.75, 3.05) is 7.11 Å². The van der Waals surface area contributed by atoms with Crippen LogP contribution in [0.5, 0.6) is 0 Å². The molecule has 1 aromatic rings. The molecule has 2 rings (SSSR count). The molecule has 0 saturated heterocycles. The lowest BCUT2D eigenvalue weighted by atomic mass is 10.1. The summed E-state index contributed by atoms with van der Waals surface area (Å²) in [6, 6.07) is 0. The van der Waals surface area contributed by atoms with Gasteiger partial charge in [0.05, 0.1) is 13.7 Å². The second-order valence-electron chi connectivity index (χ2n) is 4.73. The molecule has 0 radical (unpaired) electrons. The fourth-order valence-electron chi connectivity index (χ4n) is 2.13. The van der Waals surface area contributed by atoms with Gasteiger partial charge in [0.1, 0.15) is 5.82 Å². The van der Waals surface area contributed by atoms with Crippen LogP contribution in [0.25, 0.3) is 0 Å². The van der Waals surface area contributed by atoms with E-state index in [2.05, 4.69) is 9.84 Å². The molecule has 18 heavy (non-hydrogen) atoms. The number of aryl methyl sites for hydroxylation is 1. The van der Waals surface area contributed by atoms with Crippen LogP contribution in [0.1, 0.15) is 25.6 Å². The van der Waals surface area contributed by atoms with Gasteiger partial charge >= 0.3 is 11.7 Å². The molecule has 0 aliphatic carbocycles. The van der Waals surface area contributed by atoms with Gasteiger partial charge in [-0.15, -0.1) is 0 Å². The SMILES string of the molecule is COC(=O)C(C)(O)Cn1nc2n(c1=O)CCCC2. The minimum atomic E-state index is -1.75. The summed E-state index contributed by atoms with van der Waals surface area (Å²) in [7, 11) is 1.19. The van der Waals surface area contributed by atoms with Gasteiger partial charge in [-0.05, 0) is 19.8 Å². The normalized spacial score (nSPS) is 17.9. The quantitative estimate of drug-likeness (QED) is 0.722. The zero-order chi connectivity index (χ0) is 13.3. The van der Waals surface area contributed by atoms with Gasteiger partial charge in [-0.3, -0.25) is 4.57 Å². The Labute approximate surface area is 104 Å². The number of carbonyl (C=O) groups excluding carboxylic acids is 1. The van der Waals surface area contributed by atoms with E-state index in [1.54, 1.807) is 4.57 Å². The summed E-state index contributed by atoms with van der Waals surface area (Å²) in [5, 5.41) is 14.1. The van der Waals surface area contributed by atoms with Crippen LogP contribution in [0.15, 0.2) is 4.79 Å². The number of fused-ring (bicyclic) bond motifs is 1. The Balaban J connectivity index is 2.28. The average molecular weight is 255 g/mol. The van der Waals surface area contributed by atoms with Crippen LogP contribution < -0.4 is 5.69 Å². The van der Waals surface area contributed by atoms with Crippen molar-refractivity contribution in [1.82, 2.24) is 14.3 Å².